The maximum atomic E-state index is 3.61. The Labute approximate surface area is 131 Å². The van der Waals surface area contributed by atoms with Crippen molar-refractivity contribution in [2.75, 3.05) is 19.6 Å². The van der Waals surface area contributed by atoms with E-state index in [1.54, 1.807) is 0 Å². The average Bonchev–Trinajstić information content (AvgIpc) is 2.51. The molecule has 3 rings (SSSR count). The zero-order chi connectivity index (χ0) is 14.7. The van der Waals surface area contributed by atoms with Crippen LogP contribution in [-0.2, 0) is 0 Å². The smallest absolute Gasteiger partial charge is 0.0458 e. The van der Waals surface area contributed by atoms with Crippen molar-refractivity contribution in [1.82, 2.24) is 10.6 Å². The van der Waals surface area contributed by atoms with Crippen LogP contribution in [0.4, 0.5) is 0 Å². The predicted molar refractivity (Wildman–Crippen MR) is 90.1 cm³/mol. The summed E-state index contributed by atoms with van der Waals surface area (Å²) in [6.07, 6.45) is 0. The fraction of sp³-hybridized carbons (Fsp3) is 0.333. The van der Waals surface area contributed by atoms with Crippen molar-refractivity contribution in [2.45, 2.75) is 29.7 Å². The largest absolute Gasteiger partial charge is 0.314 e. The number of nitrogens with one attached hydrogen (secondary N) is 2. The van der Waals surface area contributed by atoms with Gasteiger partial charge in [0.15, 0.2) is 0 Å². The Morgan fingerprint density at radius 2 is 1.86 bits per heavy atom. The minimum atomic E-state index is 0.410. The molecular formula is C18H22N2S. The molecule has 1 heterocycles. The summed E-state index contributed by atoms with van der Waals surface area (Å²) in [7, 11) is 0. The molecule has 0 saturated carbocycles. The number of rotatable bonds is 3. The van der Waals surface area contributed by atoms with Gasteiger partial charge < -0.3 is 10.6 Å². The molecule has 2 nitrogen and oxygen atoms in total. The van der Waals surface area contributed by atoms with Crippen LogP contribution in [0.15, 0.2) is 52.3 Å². The van der Waals surface area contributed by atoms with E-state index >= 15 is 0 Å². The van der Waals surface area contributed by atoms with Crippen LogP contribution >= 0.6 is 11.8 Å². The van der Waals surface area contributed by atoms with E-state index in [-0.39, 0.29) is 0 Å². The second kappa shape index (κ2) is 6.65. The summed E-state index contributed by atoms with van der Waals surface area (Å²) in [5.41, 5.74) is 4.07. The third-order valence-electron chi connectivity index (χ3n) is 3.89. The molecule has 1 atom stereocenters. The Hall–Kier alpha value is -1.29. The summed E-state index contributed by atoms with van der Waals surface area (Å²) in [6.45, 7) is 7.44. The molecule has 2 aromatic rings. The summed E-state index contributed by atoms with van der Waals surface area (Å²) in [5.74, 6) is 0. The maximum absolute atomic E-state index is 3.61. The molecule has 0 amide bonds. The van der Waals surface area contributed by atoms with Crippen LogP contribution in [0.5, 0.6) is 0 Å². The van der Waals surface area contributed by atoms with Gasteiger partial charge in [0, 0.05) is 35.5 Å². The van der Waals surface area contributed by atoms with Crippen LogP contribution in [0.25, 0.3) is 0 Å². The van der Waals surface area contributed by atoms with E-state index in [1.807, 2.05) is 11.8 Å². The molecule has 2 N–H and O–H groups in total. The first-order chi connectivity index (χ1) is 10.2. The van der Waals surface area contributed by atoms with Crippen LogP contribution in [-0.4, -0.2) is 19.6 Å². The summed E-state index contributed by atoms with van der Waals surface area (Å²) in [5, 5.41) is 7.08. The lowest BCUT2D eigenvalue weighted by atomic mass is 10.1. The monoisotopic (exact) mass is 298 g/mol. The highest BCUT2D eigenvalue weighted by Crippen LogP contribution is 2.35. The van der Waals surface area contributed by atoms with E-state index < -0.39 is 0 Å². The predicted octanol–water partition coefficient (Wildman–Crippen LogP) is 3.69. The van der Waals surface area contributed by atoms with E-state index in [9.17, 15) is 0 Å². The van der Waals surface area contributed by atoms with Gasteiger partial charge in [0.05, 0.1) is 0 Å². The Morgan fingerprint density at radius 3 is 2.62 bits per heavy atom. The van der Waals surface area contributed by atoms with Crippen LogP contribution in [0.3, 0.4) is 0 Å². The van der Waals surface area contributed by atoms with E-state index in [1.165, 1.54) is 26.5 Å². The van der Waals surface area contributed by atoms with Crippen LogP contribution in [0, 0.1) is 13.8 Å². The highest BCUT2D eigenvalue weighted by molar-refractivity contribution is 7.99. The fourth-order valence-electron chi connectivity index (χ4n) is 2.77. The van der Waals surface area contributed by atoms with Gasteiger partial charge in [0.25, 0.3) is 0 Å². The third kappa shape index (κ3) is 3.49. The van der Waals surface area contributed by atoms with Crippen LogP contribution in [0.2, 0.25) is 0 Å². The lowest BCUT2D eigenvalue weighted by molar-refractivity contribution is 0.426. The second-order valence-electron chi connectivity index (χ2n) is 5.62. The first kappa shape index (κ1) is 14.6. The SMILES string of the molecule is Cc1ccc(Sc2ccccc2C2CNCCN2)c(C)c1. The summed E-state index contributed by atoms with van der Waals surface area (Å²) in [4.78, 5) is 2.70. The first-order valence-electron chi connectivity index (χ1n) is 7.52. The van der Waals surface area contributed by atoms with Gasteiger partial charge in [0.1, 0.15) is 0 Å². The van der Waals surface area contributed by atoms with Crippen molar-refractivity contribution < 1.29 is 0 Å². The van der Waals surface area contributed by atoms with Crippen LogP contribution < -0.4 is 10.6 Å². The lowest BCUT2D eigenvalue weighted by Crippen LogP contribution is -2.42. The molecule has 1 saturated heterocycles. The minimum absolute atomic E-state index is 0.410. The molecule has 0 spiro atoms. The van der Waals surface area contributed by atoms with Gasteiger partial charge in [-0.2, -0.15) is 0 Å². The normalized spacial score (nSPS) is 18.7. The average molecular weight is 298 g/mol. The molecule has 1 aliphatic rings. The molecule has 0 bridgehead atoms. The highest BCUT2D eigenvalue weighted by atomic mass is 32.2. The number of hydrogen-bond acceptors (Lipinski definition) is 3. The molecule has 1 fully saturated rings. The van der Waals surface area contributed by atoms with Crippen molar-refractivity contribution in [2.24, 2.45) is 0 Å². The zero-order valence-corrected chi connectivity index (χ0v) is 13.5. The first-order valence-corrected chi connectivity index (χ1v) is 8.34. The Kier molecular flexibility index (Phi) is 4.63. The van der Waals surface area contributed by atoms with Crippen molar-refractivity contribution in [3.8, 4) is 0 Å². The molecule has 2 aromatic carbocycles. The Morgan fingerprint density at radius 1 is 1.00 bits per heavy atom. The van der Waals surface area contributed by atoms with Gasteiger partial charge in [-0.25, -0.2) is 0 Å². The molecule has 21 heavy (non-hydrogen) atoms. The van der Waals surface area contributed by atoms with Gasteiger partial charge >= 0.3 is 0 Å². The Bertz CT molecular complexity index is 618. The summed E-state index contributed by atoms with van der Waals surface area (Å²) < 4.78 is 0. The standard InChI is InChI=1S/C18H22N2S/c1-13-7-8-17(14(2)11-13)21-18-6-4-3-5-15(18)16-12-19-9-10-20-16/h3-8,11,16,19-20H,9-10,12H2,1-2H3. The fourth-order valence-corrected chi connectivity index (χ4v) is 3.83. The molecule has 110 valence electrons. The number of benzene rings is 2. The van der Waals surface area contributed by atoms with E-state index in [0.717, 1.165) is 19.6 Å². The van der Waals surface area contributed by atoms with Gasteiger partial charge in [-0.1, -0.05) is 47.7 Å². The van der Waals surface area contributed by atoms with Crippen molar-refractivity contribution >= 4 is 11.8 Å². The van der Waals surface area contributed by atoms with Crippen molar-refractivity contribution in [3.05, 3.63) is 59.2 Å². The molecule has 1 aliphatic heterocycles. The second-order valence-corrected chi connectivity index (χ2v) is 6.70. The number of aryl methyl sites for hydroxylation is 2. The maximum Gasteiger partial charge on any atom is 0.0458 e. The lowest BCUT2D eigenvalue weighted by Gasteiger charge is -2.26. The van der Waals surface area contributed by atoms with Gasteiger partial charge in [0.2, 0.25) is 0 Å². The zero-order valence-electron chi connectivity index (χ0n) is 12.6. The molecule has 0 aromatic heterocycles. The molecule has 3 heteroatoms. The van der Waals surface area contributed by atoms with Gasteiger partial charge in [-0.15, -0.1) is 0 Å². The Balaban J connectivity index is 1.88. The number of piperazine rings is 1. The molecular weight excluding hydrogens is 276 g/mol. The molecule has 1 unspecified atom stereocenters. The quantitative estimate of drug-likeness (QED) is 0.904. The topological polar surface area (TPSA) is 24.1 Å². The van der Waals surface area contributed by atoms with Gasteiger partial charge in [-0.05, 0) is 37.1 Å². The highest BCUT2D eigenvalue weighted by Gasteiger charge is 2.17. The summed E-state index contributed by atoms with van der Waals surface area (Å²) >= 11 is 1.88. The number of hydrogen-bond donors (Lipinski definition) is 2. The van der Waals surface area contributed by atoms with E-state index in [2.05, 4.69) is 66.9 Å². The van der Waals surface area contributed by atoms with Crippen molar-refractivity contribution in [1.29, 1.82) is 0 Å². The third-order valence-corrected chi connectivity index (χ3v) is 5.16. The van der Waals surface area contributed by atoms with E-state index in [0.29, 0.717) is 6.04 Å². The minimum Gasteiger partial charge on any atom is -0.314 e. The molecule has 0 radical (unpaired) electrons. The van der Waals surface area contributed by atoms with Gasteiger partial charge in [-0.3, -0.25) is 0 Å². The molecule has 0 aliphatic carbocycles. The van der Waals surface area contributed by atoms with Crippen molar-refractivity contribution in [3.63, 3.8) is 0 Å². The van der Waals surface area contributed by atoms with Crippen LogP contribution in [0.1, 0.15) is 22.7 Å². The van der Waals surface area contributed by atoms with E-state index in [4.69, 9.17) is 0 Å². The summed E-state index contributed by atoms with van der Waals surface area (Å²) in [6, 6.07) is 15.8.